The first kappa shape index (κ1) is 16.1. The third kappa shape index (κ3) is 4.32. The molecule has 1 atom stereocenters. The first-order valence-electron chi connectivity index (χ1n) is 5.86. The number of rotatable bonds is 7. The van der Waals surface area contributed by atoms with Crippen LogP contribution in [0.4, 0.5) is 0 Å². The number of carbonyl (C=O) groups is 2. The van der Waals surface area contributed by atoms with Crippen LogP contribution in [0.5, 0.6) is 0 Å². The number of carboxylic acids is 1. The highest BCUT2D eigenvalue weighted by Crippen LogP contribution is 2.10. The maximum atomic E-state index is 11.9. The summed E-state index contributed by atoms with van der Waals surface area (Å²) in [6, 6.07) is 5.17. The van der Waals surface area contributed by atoms with Gasteiger partial charge in [-0.25, -0.2) is 13.1 Å². The first-order chi connectivity index (χ1) is 9.24. The van der Waals surface area contributed by atoms with Crippen LogP contribution in [0.25, 0.3) is 0 Å². The molecule has 1 rings (SSSR count). The van der Waals surface area contributed by atoms with E-state index in [-0.39, 0.29) is 23.4 Å². The Morgan fingerprint density at radius 3 is 2.30 bits per heavy atom. The number of benzene rings is 1. The third-order valence-corrected chi connectivity index (χ3v) is 4.22. The highest BCUT2D eigenvalue weighted by atomic mass is 32.2. The SMILES string of the molecule is CC(CCNS(=O)(=O)c1ccc(C(N)=O)cc1)C(=O)O. The number of hydrogen-bond donors (Lipinski definition) is 3. The van der Waals surface area contributed by atoms with Gasteiger partial charge in [-0.1, -0.05) is 6.92 Å². The van der Waals surface area contributed by atoms with Crippen molar-refractivity contribution in [1.82, 2.24) is 4.72 Å². The second-order valence-electron chi connectivity index (χ2n) is 4.31. The maximum absolute atomic E-state index is 11.9. The van der Waals surface area contributed by atoms with E-state index in [2.05, 4.69) is 4.72 Å². The largest absolute Gasteiger partial charge is 0.481 e. The summed E-state index contributed by atoms with van der Waals surface area (Å²) in [5.41, 5.74) is 5.27. The lowest BCUT2D eigenvalue weighted by atomic mass is 10.1. The van der Waals surface area contributed by atoms with Crippen LogP contribution in [0.3, 0.4) is 0 Å². The van der Waals surface area contributed by atoms with Crippen molar-refractivity contribution in [3.63, 3.8) is 0 Å². The van der Waals surface area contributed by atoms with E-state index in [9.17, 15) is 18.0 Å². The molecule has 0 bridgehead atoms. The van der Waals surface area contributed by atoms with Gasteiger partial charge in [0.25, 0.3) is 0 Å². The number of primary amides is 1. The number of carboxylic acid groups (broad SMARTS) is 1. The second-order valence-corrected chi connectivity index (χ2v) is 6.08. The smallest absolute Gasteiger partial charge is 0.306 e. The predicted molar refractivity (Wildman–Crippen MR) is 71.6 cm³/mol. The van der Waals surface area contributed by atoms with Crippen LogP contribution in [-0.2, 0) is 14.8 Å². The topological polar surface area (TPSA) is 127 Å². The molecule has 0 spiro atoms. The molecule has 0 aliphatic rings. The van der Waals surface area contributed by atoms with Crippen LogP contribution >= 0.6 is 0 Å². The number of nitrogens with two attached hydrogens (primary N) is 1. The van der Waals surface area contributed by atoms with Gasteiger partial charge in [0.05, 0.1) is 10.8 Å². The van der Waals surface area contributed by atoms with E-state index < -0.39 is 27.8 Å². The molecular formula is C12H16N2O5S. The second kappa shape index (κ2) is 6.49. The van der Waals surface area contributed by atoms with Gasteiger partial charge in [0.2, 0.25) is 15.9 Å². The minimum atomic E-state index is -3.72. The molecular weight excluding hydrogens is 284 g/mol. The van der Waals surface area contributed by atoms with Crippen molar-refractivity contribution in [1.29, 1.82) is 0 Å². The Balaban J connectivity index is 2.69. The summed E-state index contributed by atoms with van der Waals surface area (Å²) in [5.74, 6) is -2.25. The summed E-state index contributed by atoms with van der Waals surface area (Å²) >= 11 is 0. The Bertz CT molecular complexity index is 595. The van der Waals surface area contributed by atoms with Crippen LogP contribution in [0.2, 0.25) is 0 Å². The molecule has 0 radical (unpaired) electrons. The van der Waals surface area contributed by atoms with Gasteiger partial charge in [-0.15, -0.1) is 0 Å². The normalized spacial score (nSPS) is 12.8. The summed E-state index contributed by atoms with van der Waals surface area (Å²) in [6.45, 7) is 1.52. The van der Waals surface area contributed by atoms with Crippen LogP contribution in [0.1, 0.15) is 23.7 Å². The zero-order chi connectivity index (χ0) is 15.3. The van der Waals surface area contributed by atoms with Gasteiger partial charge in [0.15, 0.2) is 0 Å². The molecule has 0 aromatic heterocycles. The minimum absolute atomic E-state index is 0.00882. The Morgan fingerprint density at radius 1 is 1.30 bits per heavy atom. The molecule has 1 amide bonds. The highest BCUT2D eigenvalue weighted by Gasteiger charge is 2.16. The molecule has 0 heterocycles. The zero-order valence-corrected chi connectivity index (χ0v) is 11.7. The maximum Gasteiger partial charge on any atom is 0.306 e. The minimum Gasteiger partial charge on any atom is -0.481 e. The molecule has 0 saturated carbocycles. The number of amides is 1. The van der Waals surface area contributed by atoms with Crippen LogP contribution in [-0.4, -0.2) is 31.9 Å². The van der Waals surface area contributed by atoms with Gasteiger partial charge in [-0.05, 0) is 30.7 Å². The standard InChI is InChI=1S/C12H16N2O5S/c1-8(12(16)17)6-7-14-20(18,19)10-4-2-9(3-5-10)11(13)15/h2-5,8,14H,6-7H2,1H3,(H2,13,15)(H,16,17). The molecule has 0 aliphatic carbocycles. The van der Waals surface area contributed by atoms with Crippen molar-refractivity contribution >= 4 is 21.9 Å². The van der Waals surface area contributed by atoms with Crippen molar-refractivity contribution in [2.24, 2.45) is 11.7 Å². The Hall–Kier alpha value is -1.93. The van der Waals surface area contributed by atoms with E-state index in [0.717, 1.165) is 0 Å². The van der Waals surface area contributed by atoms with Gasteiger partial charge in [0, 0.05) is 12.1 Å². The number of carbonyl (C=O) groups excluding carboxylic acids is 1. The van der Waals surface area contributed by atoms with Crippen molar-refractivity contribution < 1.29 is 23.1 Å². The fraction of sp³-hybridized carbons (Fsp3) is 0.333. The van der Waals surface area contributed by atoms with Crippen molar-refractivity contribution in [2.45, 2.75) is 18.2 Å². The van der Waals surface area contributed by atoms with Crippen molar-refractivity contribution in [2.75, 3.05) is 6.54 Å². The van der Waals surface area contributed by atoms with E-state index in [4.69, 9.17) is 10.8 Å². The lowest BCUT2D eigenvalue weighted by molar-refractivity contribution is -0.141. The quantitative estimate of drug-likeness (QED) is 0.661. The summed E-state index contributed by atoms with van der Waals surface area (Å²) in [7, 11) is -3.72. The van der Waals surface area contributed by atoms with Gasteiger partial charge in [0.1, 0.15) is 0 Å². The number of nitrogens with one attached hydrogen (secondary N) is 1. The Morgan fingerprint density at radius 2 is 1.85 bits per heavy atom. The highest BCUT2D eigenvalue weighted by molar-refractivity contribution is 7.89. The molecule has 8 heteroatoms. The molecule has 1 aromatic carbocycles. The molecule has 7 nitrogen and oxygen atoms in total. The van der Waals surface area contributed by atoms with E-state index >= 15 is 0 Å². The number of aliphatic carboxylic acids is 1. The molecule has 1 aromatic rings. The lowest BCUT2D eigenvalue weighted by Gasteiger charge is -2.09. The average Bonchev–Trinajstić information content (AvgIpc) is 2.38. The fourth-order valence-corrected chi connectivity index (χ4v) is 2.46. The molecule has 20 heavy (non-hydrogen) atoms. The molecule has 0 fully saturated rings. The van der Waals surface area contributed by atoms with Gasteiger partial charge in [-0.2, -0.15) is 0 Å². The molecule has 110 valence electrons. The monoisotopic (exact) mass is 300 g/mol. The first-order valence-corrected chi connectivity index (χ1v) is 7.34. The zero-order valence-electron chi connectivity index (χ0n) is 10.9. The molecule has 0 aliphatic heterocycles. The summed E-state index contributed by atoms with van der Waals surface area (Å²) < 4.78 is 26.1. The van der Waals surface area contributed by atoms with E-state index in [1.54, 1.807) is 0 Å². The van der Waals surface area contributed by atoms with Crippen LogP contribution < -0.4 is 10.5 Å². The summed E-state index contributed by atoms with van der Waals surface area (Å²) in [5, 5.41) is 8.69. The van der Waals surface area contributed by atoms with E-state index in [1.807, 2.05) is 0 Å². The molecule has 1 unspecified atom stereocenters. The number of sulfonamides is 1. The van der Waals surface area contributed by atoms with Crippen molar-refractivity contribution in [3.05, 3.63) is 29.8 Å². The Labute approximate surface area is 116 Å². The van der Waals surface area contributed by atoms with E-state index in [1.165, 1.54) is 31.2 Å². The van der Waals surface area contributed by atoms with Gasteiger partial charge >= 0.3 is 5.97 Å². The van der Waals surface area contributed by atoms with Gasteiger partial charge < -0.3 is 10.8 Å². The van der Waals surface area contributed by atoms with Crippen LogP contribution in [0.15, 0.2) is 29.2 Å². The fourth-order valence-electron chi connectivity index (χ4n) is 1.41. The third-order valence-electron chi connectivity index (χ3n) is 2.74. The average molecular weight is 300 g/mol. The van der Waals surface area contributed by atoms with Crippen molar-refractivity contribution in [3.8, 4) is 0 Å². The van der Waals surface area contributed by atoms with Gasteiger partial charge in [-0.3, -0.25) is 9.59 Å². The van der Waals surface area contributed by atoms with E-state index in [0.29, 0.717) is 0 Å². The predicted octanol–water partition coefficient (Wildman–Crippen LogP) is 0.175. The lowest BCUT2D eigenvalue weighted by Crippen LogP contribution is -2.27. The molecule has 4 N–H and O–H groups in total. The summed E-state index contributed by atoms with van der Waals surface area (Å²) in [4.78, 5) is 21.5. The number of hydrogen-bond acceptors (Lipinski definition) is 4. The Kier molecular flexibility index (Phi) is 5.23. The summed E-state index contributed by atoms with van der Waals surface area (Å²) in [6.07, 6.45) is 0.188. The van der Waals surface area contributed by atoms with Crippen LogP contribution in [0, 0.1) is 5.92 Å². The molecule has 0 saturated heterocycles.